The fourth-order valence-electron chi connectivity index (χ4n) is 2.14. The van der Waals surface area contributed by atoms with Gasteiger partial charge in [0.25, 0.3) is 0 Å². The number of methoxy groups -OCH3 is 1. The van der Waals surface area contributed by atoms with Crippen LogP contribution in [0.2, 0.25) is 5.02 Å². The van der Waals surface area contributed by atoms with Crippen LogP contribution in [0.4, 0.5) is 0 Å². The lowest BCUT2D eigenvalue weighted by Crippen LogP contribution is -2.18. The highest BCUT2D eigenvalue weighted by atomic mass is 35.5. The molecule has 19 heavy (non-hydrogen) atoms. The molecule has 0 aliphatic rings. The van der Waals surface area contributed by atoms with E-state index < -0.39 is 0 Å². The van der Waals surface area contributed by atoms with Gasteiger partial charge in [0.05, 0.1) is 7.11 Å². The predicted molar refractivity (Wildman–Crippen MR) is 79.8 cm³/mol. The Hall–Kier alpha value is -1.51. The largest absolute Gasteiger partial charge is 0.497 e. The Morgan fingerprint density at radius 2 is 1.79 bits per heavy atom. The minimum absolute atomic E-state index is 0.138. The molecule has 0 saturated carbocycles. The maximum absolute atomic E-state index is 6.34. The van der Waals surface area contributed by atoms with Crippen LogP contribution in [0, 0.1) is 0 Å². The number of ether oxygens (including phenoxy) is 1. The first-order chi connectivity index (χ1) is 9.13. The van der Waals surface area contributed by atoms with Gasteiger partial charge in [-0.15, -0.1) is 0 Å². The molecule has 2 rings (SSSR count). The van der Waals surface area contributed by atoms with Crippen molar-refractivity contribution >= 4 is 11.6 Å². The van der Waals surface area contributed by atoms with Crippen molar-refractivity contribution in [2.75, 3.05) is 7.11 Å². The zero-order valence-corrected chi connectivity index (χ0v) is 11.9. The summed E-state index contributed by atoms with van der Waals surface area (Å²) in [7, 11) is 1.62. The Kier molecular flexibility index (Phi) is 4.46. The van der Waals surface area contributed by atoms with E-state index in [0.29, 0.717) is 5.02 Å². The van der Waals surface area contributed by atoms with Crippen LogP contribution in [0.5, 0.6) is 5.75 Å². The Morgan fingerprint density at radius 3 is 2.37 bits per heavy atom. The van der Waals surface area contributed by atoms with Gasteiger partial charge in [0, 0.05) is 17.0 Å². The molecule has 0 radical (unpaired) electrons. The zero-order valence-electron chi connectivity index (χ0n) is 11.1. The molecule has 2 aromatic carbocycles. The Bertz CT molecular complexity index is 542. The lowest BCUT2D eigenvalue weighted by molar-refractivity contribution is 0.414. The number of hydrogen-bond donors (Lipinski definition) is 1. The van der Waals surface area contributed by atoms with Crippen molar-refractivity contribution in [1.29, 1.82) is 0 Å². The van der Waals surface area contributed by atoms with E-state index in [-0.39, 0.29) is 12.0 Å². The van der Waals surface area contributed by atoms with Gasteiger partial charge in [-0.3, -0.25) is 0 Å². The maximum Gasteiger partial charge on any atom is 0.120 e. The summed E-state index contributed by atoms with van der Waals surface area (Å²) in [5.74, 6) is 0.945. The smallest absolute Gasteiger partial charge is 0.120 e. The molecule has 0 amide bonds. The second-order valence-electron chi connectivity index (χ2n) is 4.61. The Morgan fingerprint density at radius 1 is 1.11 bits per heavy atom. The summed E-state index contributed by atoms with van der Waals surface area (Å²) in [5.41, 5.74) is 8.49. The molecule has 0 saturated heterocycles. The average molecular weight is 276 g/mol. The molecule has 100 valence electrons. The van der Waals surface area contributed by atoms with Crippen molar-refractivity contribution in [3.8, 4) is 5.75 Å². The van der Waals surface area contributed by atoms with Crippen molar-refractivity contribution in [3.63, 3.8) is 0 Å². The van der Waals surface area contributed by atoms with Gasteiger partial charge in [-0.2, -0.15) is 0 Å². The van der Waals surface area contributed by atoms with Crippen LogP contribution in [0.3, 0.4) is 0 Å². The summed E-state index contributed by atoms with van der Waals surface area (Å²) >= 11 is 6.27. The standard InChI is InChI=1S/C16H18ClNO/c1-11(12-6-4-3-5-7-12)16(18)14-9-8-13(19-2)10-15(14)17/h3-11,16H,18H2,1-2H3. The third-order valence-corrected chi connectivity index (χ3v) is 3.76. The molecular formula is C16H18ClNO. The van der Waals surface area contributed by atoms with Crippen LogP contribution in [0.1, 0.15) is 30.0 Å². The fourth-order valence-corrected chi connectivity index (χ4v) is 2.43. The van der Waals surface area contributed by atoms with E-state index in [1.165, 1.54) is 5.56 Å². The van der Waals surface area contributed by atoms with Gasteiger partial charge in [0.15, 0.2) is 0 Å². The maximum atomic E-state index is 6.34. The van der Waals surface area contributed by atoms with Crippen LogP contribution >= 0.6 is 11.6 Å². The van der Waals surface area contributed by atoms with Gasteiger partial charge in [0.1, 0.15) is 5.75 Å². The van der Waals surface area contributed by atoms with Gasteiger partial charge in [-0.25, -0.2) is 0 Å². The van der Waals surface area contributed by atoms with Crippen LogP contribution in [-0.4, -0.2) is 7.11 Å². The quantitative estimate of drug-likeness (QED) is 0.910. The van der Waals surface area contributed by atoms with Gasteiger partial charge in [0.2, 0.25) is 0 Å². The summed E-state index contributed by atoms with van der Waals surface area (Å²) in [6.45, 7) is 2.11. The molecule has 0 aliphatic heterocycles. The second kappa shape index (κ2) is 6.09. The van der Waals surface area contributed by atoms with E-state index in [9.17, 15) is 0 Å². The second-order valence-corrected chi connectivity index (χ2v) is 5.02. The molecule has 2 nitrogen and oxygen atoms in total. The third-order valence-electron chi connectivity index (χ3n) is 3.43. The van der Waals surface area contributed by atoms with Crippen LogP contribution in [0.15, 0.2) is 48.5 Å². The summed E-state index contributed by atoms with van der Waals surface area (Å²) < 4.78 is 5.15. The summed E-state index contributed by atoms with van der Waals surface area (Å²) in [4.78, 5) is 0. The van der Waals surface area contributed by atoms with Crippen molar-refractivity contribution in [3.05, 3.63) is 64.7 Å². The van der Waals surface area contributed by atoms with E-state index in [1.54, 1.807) is 13.2 Å². The minimum atomic E-state index is -0.138. The predicted octanol–water partition coefficient (Wildman–Crippen LogP) is 4.15. The summed E-state index contributed by atoms with van der Waals surface area (Å²) in [6, 6.07) is 15.7. The molecule has 0 bridgehead atoms. The van der Waals surface area contributed by atoms with Gasteiger partial charge in [-0.05, 0) is 23.3 Å². The van der Waals surface area contributed by atoms with Crippen LogP contribution in [-0.2, 0) is 0 Å². The third kappa shape index (κ3) is 3.09. The zero-order chi connectivity index (χ0) is 13.8. The first kappa shape index (κ1) is 13.9. The molecule has 2 aromatic rings. The lowest BCUT2D eigenvalue weighted by atomic mass is 9.89. The van der Waals surface area contributed by atoms with Gasteiger partial charge < -0.3 is 10.5 Å². The number of halogens is 1. The normalized spacial score (nSPS) is 13.9. The topological polar surface area (TPSA) is 35.2 Å². The molecule has 0 aliphatic carbocycles. The molecule has 2 unspecified atom stereocenters. The highest BCUT2D eigenvalue weighted by Crippen LogP contribution is 2.34. The van der Waals surface area contributed by atoms with E-state index >= 15 is 0 Å². The van der Waals surface area contributed by atoms with Crippen LogP contribution < -0.4 is 10.5 Å². The number of hydrogen-bond acceptors (Lipinski definition) is 2. The molecule has 3 heteroatoms. The molecule has 2 atom stereocenters. The SMILES string of the molecule is COc1ccc(C(N)C(C)c2ccccc2)c(Cl)c1. The Balaban J connectivity index is 2.26. The van der Waals surface area contributed by atoms with E-state index in [4.69, 9.17) is 22.1 Å². The van der Waals surface area contributed by atoms with Crippen molar-refractivity contribution in [2.45, 2.75) is 18.9 Å². The van der Waals surface area contributed by atoms with Gasteiger partial charge >= 0.3 is 0 Å². The highest BCUT2D eigenvalue weighted by molar-refractivity contribution is 6.31. The average Bonchev–Trinajstić information content (AvgIpc) is 2.46. The summed E-state index contributed by atoms with van der Waals surface area (Å²) in [5, 5.41) is 0.648. The molecule has 0 fully saturated rings. The van der Waals surface area contributed by atoms with E-state index in [0.717, 1.165) is 11.3 Å². The van der Waals surface area contributed by atoms with E-state index in [2.05, 4.69) is 19.1 Å². The van der Waals surface area contributed by atoms with Crippen molar-refractivity contribution < 1.29 is 4.74 Å². The molecule has 0 aromatic heterocycles. The Labute approximate surface area is 119 Å². The summed E-state index contributed by atoms with van der Waals surface area (Å²) in [6.07, 6.45) is 0. The molecule has 0 spiro atoms. The molecule has 2 N–H and O–H groups in total. The monoisotopic (exact) mass is 275 g/mol. The van der Waals surface area contributed by atoms with Crippen molar-refractivity contribution in [2.24, 2.45) is 5.73 Å². The number of benzene rings is 2. The van der Waals surface area contributed by atoms with Gasteiger partial charge in [-0.1, -0.05) is 54.9 Å². The first-order valence-electron chi connectivity index (χ1n) is 6.27. The highest BCUT2D eigenvalue weighted by Gasteiger charge is 2.19. The first-order valence-corrected chi connectivity index (χ1v) is 6.65. The fraction of sp³-hybridized carbons (Fsp3) is 0.250. The van der Waals surface area contributed by atoms with Crippen LogP contribution in [0.25, 0.3) is 0 Å². The minimum Gasteiger partial charge on any atom is -0.497 e. The molecular weight excluding hydrogens is 258 g/mol. The number of nitrogens with two attached hydrogens (primary N) is 1. The number of rotatable bonds is 4. The van der Waals surface area contributed by atoms with Crippen molar-refractivity contribution in [1.82, 2.24) is 0 Å². The van der Waals surface area contributed by atoms with E-state index in [1.807, 2.05) is 30.3 Å². The molecule has 0 heterocycles. The lowest BCUT2D eigenvalue weighted by Gasteiger charge is -2.22.